The van der Waals surface area contributed by atoms with Gasteiger partial charge >= 0.3 is 0 Å². The van der Waals surface area contributed by atoms with Crippen LogP contribution in [0.3, 0.4) is 0 Å². The molecule has 4 atom stereocenters. The second-order valence-electron chi connectivity index (χ2n) is 21.0. The number of phenolic OH excluding ortho intramolecular Hbond substituents is 2. The van der Waals surface area contributed by atoms with Gasteiger partial charge in [0.1, 0.15) is 48.6 Å². The summed E-state index contributed by atoms with van der Waals surface area (Å²) in [5, 5.41) is 32.8. The molecule has 0 spiro atoms. The van der Waals surface area contributed by atoms with Gasteiger partial charge < -0.3 is 60.2 Å². The van der Waals surface area contributed by atoms with Crippen LogP contribution in [0, 0.1) is 5.92 Å². The zero-order chi connectivity index (χ0) is 58.7. The average molecular weight is 1150 g/mol. The van der Waals surface area contributed by atoms with Crippen LogP contribution in [0.2, 0.25) is 0 Å². The molecule has 18 nitrogen and oxygen atoms in total. The van der Waals surface area contributed by atoms with E-state index in [0.29, 0.717) is 42.8 Å². The third kappa shape index (κ3) is 16.5. The Balaban J connectivity index is 0.756. The maximum absolute atomic E-state index is 14.6. The number of carbonyl (C=O) groups is 6. The van der Waals surface area contributed by atoms with Crippen LogP contribution in [-0.4, -0.2) is 159 Å². The summed E-state index contributed by atoms with van der Waals surface area (Å²) >= 11 is 1.39. The van der Waals surface area contributed by atoms with E-state index in [1.54, 1.807) is 92.6 Å². The number of likely N-dealkylation sites (tertiary alicyclic amines) is 1. The zero-order valence-corrected chi connectivity index (χ0v) is 48.2. The van der Waals surface area contributed by atoms with Gasteiger partial charge in [0.25, 0.3) is 0 Å². The molecule has 1 aliphatic carbocycles. The number of ether oxygens (including phenoxy) is 4. The lowest BCUT2D eigenvalue weighted by atomic mass is 9.83. The Morgan fingerprint density at radius 3 is 2.00 bits per heavy atom. The molecule has 440 valence electrons. The van der Waals surface area contributed by atoms with Gasteiger partial charge in [-0.25, -0.2) is 0 Å². The maximum atomic E-state index is 14.6. The number of aromatic hydroxyl groups is 2. The number of amides is 5. The summed E-state index contributed by atoms with van der Waals surface area (Å²) in [6, 6.07) is 34.3. The van der Waals surface area contributed by atoms with Crippen molar-refractivity contribution < 1.29 is 57.9 Å². The summed E-state index contributed by atoms with van der Waals surface area (Å²) in [5.74, 6) is -1.69. The van der Waals surface area contributed by atoms with Gasteiger partial charge in [0.2, 0.25) is 29.5 Å². The van der Waals surface area contributed by atoms with Crippen molar-refractivity contribution in [2.75, 3.05) is 80.0 Å². The van der Waals surface area contributed by atoms with E-state index >= 15 is 0 Å². The van der Waals surface area contributed by atoms with Gasteiger partial charge in [-0.2, -0.15) is 0 Å². The molecule has 5 aromatic carbocycles. The highest BCUT2D eigenvalue weighted by Crippen LogP contribution is 2.42. The molecule has 83 heavy (non-hydrogen) atoms. The summed E-state index contributed by atoms with van der Waals surface area (Å²) in [7, 11) is 3.35. The first-order valence-corrected chi connectivity index (χ1v) is 29.4. The number of rotatable bonds is 29. The van der Waals surface area contributed by atoms with E-state index in [9.17, 15) is 39.0 Å². The minimum atomic E-state index is -1.06. The molecule has 19 heteroatoms. The predicted molar refractivity (Wildman–Crippen MR) is 317 cm³/mol. The first-order chi connectivity index (χ1) is 40.3. The standard InChI is InChI=1S/C64H76N6O12S/c1-42(65-2)61(75)67-57(45-18-11-6-12-19-45)64(78)70-32-13-20-52(70)62(76)68-58(55(43-14-7-4-8-15-43)44-16-9-5-10-17-44)63(77)66-31-34-79-36-37-80-38-39-81-41-54(73)69(3)33-35-82-50-28-23-46(24-29-50)59(74)56-51-30-27-49(72)40-53(51)83-60(56)47-21-25-48(71)26-22-47/h4-5,7-10,14-17,21-30,40,42,45,52,55,57-58,65,71-72H,6,11-13,18-20,31-39,41H2,1-3H3,(H,66,77)(H,67,75)(H,68,76)/t42-,52-,57-,58-/m0/s1. The Hall–Kier alpha value is -7.68. The Bertz CT molecular complexity index is 3060. The molecule has 0 unspecified atom stereocenters. The van der Waals surface area contributed by atoms with E-state index in [2.05, 4.69) is 21.3 Å². The first-order valence-electron chi connectivity index (χ1n) is 28.6. The zero-order valence-electron chi connectivity index (χ0n) is 47.4. The Labute approximate surface area is 488 Å². The van der Waals surface area contributed by atoms with E-state index < -0.39 is 41.9 Å². The van der Waals surface area contributed by atoms with Crippen LogP contribution < -0.4 is 26.0 Å². The van der Waals surface area contributed by atoms with Crippen LogP contribution in [0.15, 0.2) is 127 Å². The molecule has 1 saturated heterocycles. The lowest BCUT2D eigenvalue weighted by molar-refractivity contribution is -0.143. The lowest BCUT2D eigenvalue weighted by Crippen LogP contribution is -2.59. The number of benzene rings is 5. The summed E-state index contributed by atoms with van der Waals surface area (Å²) in [6.07, 6.45) is 5.66. The number of nitrogens with zero attached hydrogens (tertiary/aromatic N) is 2. The van der Waals surface area contributed by atoms with Crippen LogP contribution >= 0.6 is 11.3 Å². The Morgan fingerprint density at radius 1 is 0.699 bits per heavy atom. The molecule has 5 amide bonds. The van der Waals surface area contributed by atoms with Crippen molar-refractivity contribution in [2.45, 2.75) is 82.0 Å². The quantitative estimate of drug-likeness (QED) is 0.0202. The van der Waals surface area contributed by atoms with Gasteiger partial charge in [-0.1, -0.05) is 79.9 Å². The number of carbonyl (C=O) groups excluding carboxylic acids is 6. The average Bonchev–Trinajstić information content (AvgIpc) is 4.39. The Kier molecular flexibility index (Phi) is 22.6. The second kappa shape index (κ2) is 30.6. The highest BCUT2D eigenvalue weighted by atomic mass is 32.1. The van der Waals surface area contributed by atoms with Crippen LogP contribution in [0.1, 0.15) is 84.8 Å². The molecule has 2 aliphatic rings. The summed E-state index contributed by atoms with van der Waals surface area (Å²) in [5.41, 5.74) is 3.37. The van der Waals surface area contributed by atoms with E-state index in [-0.39, 0.29) is 93.7 Å². The minimum Gasteiger partial charge on any atom is -0.508 e. The van der Waals surface area contributed by atoms with Crippen molar-refractivity contribution in [3.05, 3.63) is 150 Å². The molecule has 1 aromatic heterocycles. The third-order valence-electron chi connectivity index (χ3n) is 15.4. The second-order valence-corrected chi connectivity index (χ2v) is 22.0. The number of hydrogen-bond acceptors (Lipinski definition) is 14. The highest BCUT2D eigenvalue weighted by Gasteiger charge is 2.43. The third-order valence-corrected chi connectivity index (χ3v) is 16.6. The molecule has 1 saturated carbocycles. The summed E-state index contributed by atoms with van der Waals surface area (Å²) in [4.78, 5) is 87.2. The molecule has 0 radical (unpaired) electrons. The van der Waals surface area contributed by atoms with Crippen LogP contribution in [0.25, 0.3) is 20.5 Å². The topological polar surface area (TPSA) is 234 Å². The van der Waals surface area contributed by atoms with Crippen molar-refractivity contribution in [2.24, 2.45) is 5.92 Å². The van der Waals surface area contributed by atoms with Gasteiger partial charge in [-0.3, -0.25) is 28.8 Å². The highest BCUT2D eigenvalue weighted by molar-refractivity contribution is 7.22. The van der Waals surface area contributed by atoms with Crippen molar-refractivity contribution in [3.8, 4) is 27.7 Å². The van der Waals surface area contributed by atoms with Gasteiger partial charge in [-0.05, 0) is 129 Å². The van der Waals surface area contributed by atoms with Crippen molar-refractivity contribution in [1.82, 2.24) is 31.1 Å². The molecule has 2 fully saturated rings. The van der Waals surface area contributed by atoms with Gasteiger partial charge in [0.05, 0.1) is 45.6 Å². The van der Waals surface area contributed by atoms with Crippen LogP contribution in [-0.2, 0) is 38.2 Å². The number of likely N-dealkylation sites (N-methyl/N-ethyl adjacent to an activating group) is 2. The van der Waals surface area contributed by atoms with Crippen LogP contribution in [0.4, 0.5) is 0 Å². The van der Waals surface area contributed by atoms with E-state index in [0.717, 1.165) is 63.8 Å². The molecule has 0 bridgehead atoms. The molecular formula is C64H76N6O12S. The van der Waals surface area contributed by atoms with Crippen molar-refractivity contribution >= 4 is 56.7 Å². The number of hydrogen-bond donors (Lipinski definition) is 6. The number of thiophene rings is 1. The van der Waals surface area contributed by atoms with Crippen molar-refractivity contribution in [1.29, 1.82) is 0 Å². The molecule has 6 aromatic rings. The SMILES string of the molecule is CN[C@@H](C)C(=O)N[C@H](C(=O)N1CCC[C@H]1C(=O)N[C@H](C(=O)NCCOCCOCCOCC(=O)N(C)CCOc1ccc(C(=O)c2c(-c3ccc(O)cc3)sc3cc(O)ccc23)cc1)C(c1ccccc1)c1ccccc1)C1CCCCC1. The monoisotopic (exact) mass is 1150 g/mol. The smallest absolute Gasteiger partial charge is 0.248 e. The van der Waals surface area contributed by atoms with Crippen molar-refractivity contribution in [3.63, 3.8) is 0 Å². The van der Waals surface area contributed by atoms with E-state index in [1.165, 1.54) is 16.2 Å². The summed E-state index contributed by atoms with van der Waals surface area (Å²) in [6.45, 7) is 3.64. The number of nitrogens with one attached hydrogen (secondary N) is 4. The fourth-order valence-electron chi connectivity index (χ4n) is 10.7. The number of ketones is 1. The number of fused-ring (bicyclic) bond motifs is 1. The van der Waals surface area contributed by atoms with Crippen LogP contribution in [0.5, 0.6) is 17.2 Å². The summed E-state index contributed by atoms with van der Waals surface area (Å²) < 4.78 is 23.7. The van der Waals surface area contributed by atoms with E-state index in [1.807, 2.05) is 60.7 Å². The molecular weight excluding hydrogens is 1080 g/mol. The molecule has 8 rings (SSSR count). The van der Waals surface area contributed by atoms with Gasteiger partial charge in [0.15, 0.2) is 5.78 Å². The number of phenols is 2. The normalized spacial score (nSPS) is 15.6. The predicted octanol–water partition coefficient (Wildman–Crippen LogP) is 7.19. The van der Waals surface area contributed by atoms with Gasteiger partial charge in [0, 0.05) is 52.1 Å². The lowest BCUT2D eigenvalue weighted by Gasteiger charge is -2.36. The Morgan fingerprint density at radius 2 is 1.34 bits per heavy atom. The fourth-order valence-corrected chi connectivity index (χ4v) is 11.9. The fraction of sp³-hybridized carbons (Fsp3) is 0.406. The molecule has 6 N–H and O–H groups in total. The maximum Gasteiger partial charge on any atom is 0.248 e. The first kappa shape index (κ1) is 61.4. The molecule has 1 aliphatic heterocycles. The largest absolute Gasteiger partial charge is 0.508 e. The van der Waals surface area contributed by atoms with Gasteiger partial charge in [-0.15, -0.1) is 11.3 Å². The van der Waals surface area contributed by atoms with E-state index in [4.69, 9.17) is 18.9 Å². The minimum absolute atomic E-state index is 0.0406. The molecule has 2 heterocycles.